The molecule has 31 heavy (non-hydrogen) atoms. The predicted molar refractivity (Wildman–Crippen MR) is 124 cm³/mol. The molecule has 1 aromatic heterocycles. The van der Waals surface area contributed by atoms with E-state index in [0.717, 1.165) is 57.5 Å². The molecule has 2 N–H and O–H groups in total. The Morgan fingerprint density at radius 2 is 2.13 bits per heavy atom. The molecule has 1 aliphatic heterocycles. The van der Waals surface area contributed by atoms with Crippen molar-refractivity contribution in [1.82, 2.24) is 25.4 Å². The number of benzene rings is 2. The third-order valence-electron chi connectivity index (χ3n) is 5.82. The lowest BCUT2D eigenvalue weighted by Crippen LogP contribution is -2.40. The second kappa shape index (κ2) is 10.4. The number of aromatic nitrogens is 3. The first kappa shape index (κ1) is 21.3. The Kier molecular flexibility index (Phi) is 7.14. The van der Waals surface area contributed by atoms with E-state index in [0.29, 0.717) is 5.92 Å². The highest BCUT2D eigenvalue weighted by Gasteiger charge is 2.16. The van der Waals surface area contributed by atoms with Gasteiger partial charge < -0.3 is 19.9 Å². The molecule has 0 bridgehead atoms. The Morgan fingerprint density at radius 1 is 1.26 bits per heavy atom. The van der Waals surface area contributed by atoms with Gasteiger partial charge in [0.2, 0.25) is 0 Å². The number of aliphatic imine (C=N–C) groups is 1. The van der Waals surface area contributed by atoms with Crippen LogP contribution in [0.4, 0.5) is 0 Å². The molecule has 2 aromatic carbocycles. The molecule has 0 spiro atoms. The van der Waals surface area contributed by atoms with E-state index in [4.69, 9.17) is 9.73 Å². The number of rotatable bonds is 8. The molecule has 4 rings (SSSR count). The van der Waals surface area contributed by atoms with Crippen molar-refractivity contribution in [3.8, 4) is 0 Å². The lowest BCUT2D eigenvalue weighted by Gasteiger charge is -2.20. The van der Waals surface area contributed by atoms with Crippen molar-refractivity contribution in [2.24, 2.45) is 10.9 Å². The summed E-state index contributed by atoms with van der Waals surface area (Å²) in [5, 5.41) is 17.8. The van der Waals surface area contributed by atoms with Crippen molar-refractivity contribution in [2.45, 2.75) is 39.3 Å². The summed E-state index contributed by atoms with van der Waals surface area (Å²) >= 11 is 0. The first-order chi connectivity index (χ1) is 15.2. The Bertz CT molecular complexity index is 1010. The summed E-state index contributed by atoms with van der Waals surface area (Å²) in [4.78, 5) is 4.87. The van der Waals surface area contributed by atoms with Crippen LogP contribution in [0.2, 0.25) is 0 Å². The van der Waals surface area contributed by atoms with Crippen molar-refractivity contribution >= 4 is 16.7 Å². The third kappa shape index (κ3) is 5.61. The van der Waals surface area contributed by atoms with E-state index in [9.17, 15) is 0 Å². The van der Waals surface area contributed by atoms with Crippen molar-refractivity contribution in [3.63, 3.8) is 0 Å². The first-order valence-electron chi connectivity index (χ1n) is 11.2. The van der Waals surface area contributed by atoms with E-state index in [1.165, 1.54) is 16.3 Å². The Labute approximate surface area is 183 Å². The summed E-state index contributed by atoms with van der Waals surface area (Å²) < 4.78 is 7.59. The molecule has 7 nitrogen and oxygen atoms in total. The van der Waals surface area contributed by atoms with Gasteiger partial charge in [-0.2, -0.15) is 0 Å². The van der Waals surface area contributed by atoms with Crippen molar-refractivity contribution < 1.29 is 4.74 Å². The van der Waals surface area contributed by atoms with Crippen LogP contribution in [-0.4, -0.2) is 47.0 Å². The maximum absolute atomic E-state index is 5.51. The molecule has 1 aliphatic rings. The van der Waals surface area contributed by atoms with Gasteiger partial charge in [-0.1, -0.05) is 43.3 Å². The fraction of sp³-hybridized carbons (Fsp3) is 0.458. The molecule has 2 atom stereocenters. The van der Waals surface area contributed by atoms with Crippen LogP contribution in [0.1, 0.15) is 37.7 Å². The molecule has 0 saturated carbocycles. The highest BCUT2D eigenvalue weighted by Crippen LogP contribution is 2.20. The molecule has 2 unspecified atom stereocenters. The lowest BCUT2D eigenvalue weighted by atomic mass is 10.0. The van der Waals surface area contributed by atoms with Crippen LogP contribution in [0, 0.1) is 5.92 Å². The van der Waals surface area contributed by atoms with Crippen LogP contribution < -0.4 is 10.6 Å². The van der Waals surface area contributed by atoms with Crippen LogP contribution >= 0.6 is 0 Å². The predicted octanol–water partition coefficient (Wildman–Crippen LogP) is 3.33. The molecule has 0 radical (unpaired) electrons. The van der Waals surface area contributed by atoms with Crippen LogP contribution in [0.15, 0.2) is 53.8 Å². The fourth-order valence-electron chi connectivity index (χ4n) is 3.90. The zero-order valence-electron chi connectivity index (χ0n) is 18.4. The summed E-state index contributed by atoms with van der Waals surface area (Å²) in [5.74, 6) is 2.33. The van der Waals surface area contributed by atoms with Gasteiger partial charge in [0.25, 0.3) is 0 Å². The molecule has 2 heterocycles. The number of hydrogen-bond acceptors (Lipinski definition) is 4. The summed E-state index contributed by atoms with van der Waals surface area (Å²) in [5.41, 5.74) is 1.24. The van der Waals surface area contributed by atoms with Gasteiger partial charge in [-0.15, -0.1) is 10.2 Å². The summed E-state index contributed by atoms with van der Waals surface area (Å²) in [6.45, 7) is 8.24. The minimum atomic E-state index is 0.136. The Hall–Kier alpha value is -2.93. The van der Waals surface area contributed by atoms with Gasteiger partial charge in [-0.25, -0.2) is 0 Å². The van der Waals surface area contributed by atoms with Gasteiger partial charge in [0, 0.05) is 38.6 Å². The number of fused-ring (bicyclic) bond motifs is 1. The zero-order valence-corrected chi connectivity index (χ0v) is 18.4. The first-order valence-corrected chi connectivity index (χ1v) is 11.2. The average Bonchev–Trinajstić information content (AvgIpc) is 3.48. The number of nitrogens with zero attached hydrogens (tertiary/aromatic N) is 4. The van der Waals surface area contributed by atoms with Gasteiger partial charge >= 0.3 is 0 Å². The van der Waals surface area contributed by atoms with Crippen molar-refractivity contribution in [2.75, 3.05) is 26.3 Å². The van der Waals surface area contributed by atoms with Gasteiger partial charge in [0.05, 0.1) is 12.6 Å². The minimum Gasteiger partial charge on any atom is -0.381 e. The summed E-state index contributed by atoms with van der Waals surface area (Å²) in [6.07, 6.45) is 3.75. The van der Waals surface area contributed by atoms with E-state index in [2.05, 4.69) is 81.7 Å². The topological polar surface area (TPSA) is 76.4 Å². The lowest BCUT2D eigenvalue weighted by molar-refractivity contribution is 0.187. The normalized spacial score (nSPS) is 17.7. The maximum atomic E-state index is 5.51. The molecule has 1 saturated heterocycles. The van der Waals surface area contributed by atoms with Crippen LogP contribution in [-0.2, 0) is 17.7 Å². The monoisotopic (exact) mass is 420 g/mol. The molecule has 0 amide bonds. The van der Waals surface area contributed by atoms with E-state index < -0.39 is 0 Å². The van der Waals surface area contributed by atoms with Gasteiger partial charge in [-0.05, 0) is 35.7 Å². The van der Waals surface area contributed by atoms with Crippen molar-refractivity contribution in [3.05, 3.63) is 60.2 Å². The Morgan fingerprint density at radius 3 is 2.94 bits per heavy atom. The molecule has 0 aliphatic carbocycles. The van der Waals surface area contributed by atoms with Crippen LogP contribution in [0.5, 0.6) is 0 Å². The number of aryl methyl sites for hydroxylation is 1. The van der Waals surface area contributed by atoms with E-state index in [-0.39, 0.29) is 6.04 Å². The number of guanidine groups is 1. The summed E-state index contributed by atoms with van der Waals surface area (Å²) in [7, 11) is 0. The van der Waals surface area contributed by atoms with Gasteiger partial charge in [0.1, 0.15) is 12.2 Å². The van der Waals surface area contributed by atoms with E-state index in [1.807, 2.05) is 0 Å². The third-order valence-corrected chi connectivity index (χ3v) is 5.82. The standard InChI is InChI=1S/C24H32N6O/c1-3-23-29-27-17-30(23)12-11-25-24(26-15-19-10-13-31-16-19)28-18(2)21-9-8-20-6-4-5-7-22(20)14-21/h4-9,14,17-19H,3,10-13,15-16H2,1-2H3,(H2,25,26,28). The van der Waals surface area contributed by atoms with Crippen LogP contribution in [0.3, 0.4) is 0 Å². The van der Waals surface area contributed by atoms with Crippen LogP contribution in [0.25, 0.3) is 10.8 Å². The minimum absolute atomic E-state index is 0.136. The quantitative estimate of drug-likeness (QED) is 0.432. The van der Waals surface area contributed by atoms with Crippen molar-refractivity contribution in [1.29, 1.82) is 0 Å². The van der Waals surface area contributed by atoms with Gasteiger partial charge in [0.15, 0.2) is 5.96 Å². The molecular formula is C24H32N6O. The summed E-state index contributed by atoms with van der Waals surface area (Å²) in [6, 6.07) is 15.2. The molecule has 7 heteroatoms. The molecule has 3 aromatic rings. The fourth-order valence-corrected chi connectivity index (χ4v) is 3.90. The zero-order chi connectivity index (χ0) is 21.5. The number of ether oxygens (including phenoxy) is 1. The molecular weight excluding hydrogens is 388 g/mol. The Balaban J connectivity index is 1.42. The van der Waals surface area contributed by atoms with Gasteiger partial charge in [-0.3, -0.25) is 4.99 Å². The number of nitrogens with one attached hydrogen (secondary N) is 2. The van der Waals surface area contributed by atoms with E-state index in [1.54, 1.807) is 6.33 Å². The van der Waals surface area contributed by atoms with E-state index >= 15 is 0 Å². The SMILES string of the molecule is CCc1nncn1CCNC(=NCC1CCOC1)NC(C)c1ccc2ccccc2c1. The maximum Gasteiger partial charge on any atom is 0.191 e. The smallest absolute Gasteiger partial charge is 0.191 e. The number of hydrogen-bond donors (Lipinski definition) is 2. The average molecular weight is 421 g/mol. The highest BCUT2D eigenvalue weighted by atomic mass is 16.5. The largest absolute Gasteiger partial charge is 0.381 e. The highest BCUT2D eigenvalue weighted by molar-refractivity contribution is 5.84. The second-order valence-electron chi connectivity index (χ2n) is 8.11. The molecule has 164 valence electrons. The molecule has 1 fully saturated rings. The second-order valence-corrected chi connectivity index (χ2v) is 8.11.